The molecule has 1 spiro atoms. The molecule has 120 valence electrons. The predicted molar refractivity (Wildman–Crippen MR) is 76.9 cm³/mol. The molecule has 0 saturated carbocycles. The molecule has 2 heterocycles. The van der Waals surface area contributed by atoms with E-state index in [1.807, 2.05) is 0 Å². The number of nitrogens with zero attached hydrogens (tertiary/aromatic N) is 1. The van der Waals surface area contributed by atoms with Crippen LogP contribution in [0.4, 0.5) is 4.39 Å². The highest BCUT2D eigenvalue weighted by atomic mass is 32.2. The second-order valence-electron chi connectivity index (χ2n) is 5.71. The summed E-state index contributed by atoms with van der Waals surface area (Å²) >= 11 is 0. The lowest BCUT2D eigenvalue weighted by Crippen LogP contribution is -2.54. The van der Waals surface area contributed by atoms with Crippen molar-refractivity contribution in [2.45, 2.75) is 17.8 Å². The van der Waals surface area contributed by atoms with Crippen molar-refractivity contribution in [1.29, 1.82) is 0 Å². The molecule has 0 aliphatic carbocycles. The Morgan fingerprint density at radius 1 is 1.32 bits per heavy atom. The molecule has 1 N–H and O–H groups in total. The average Bonchev–Trinajstić information content (AvgIpc) is 2.90. The lowest BCUT2D eigenvalue weighted by molar-refractivity contribution is -0.141. The van der Waals surface area contributed by atoms with Crippen LogP contribution >= 0.6 is 0 Å². The van der Waals surface area contributed by atoms with E-state index in [1.54, 1.807) is 0 Å². The minimum Gasteiger partial charge on any atom is -0.362 e. The van der Waals surface area contributed by atoms with Gasteiger partial charge in [0.2, 0.25) is 15.9 Å². The Balaban J connectivity index is 1.68. The van der Waals surface area contributed by atoms with E-state index in [4.69, 9.17) is 4.74 Å². The van der Waals surface area contributed by atoms with Crippen molar-refractivity contribution >= 4 is 15.9 Å². The van der Waals surface area contributed by atoms with Gasteiger partial charge in [-0.3, -0.25) is 4.79 Å². The van der Waals surface area contributed by atoms with Gasteiger partial charge in [0.25, 0.3) is 0 Å². The van der Waals surface area contributed by atoms with Crippen LogP contribution in [0.15, 0.2) is 24.3 Å². The Morgan fingerprint density at radius 2 is 2.05 bits per heavy atom. The molecule has 6 nitrogen and oxygen atoms in total. The highest BCUT2D eigenvalue weighted by Gasteiger charge is 2.45. The molecule has 2 aliphatic rings. The van der Waals surface area contributed by atoms with Crippen molar-refractivity contribution in [2.24, 2.45) is 0 Å². The number of sulfonamides is 1. The van der Waals surface area contributed by atoms with E-state index in [1.165, 1.54) is 28.6 Å². The SMILES string of the molecule is O=C1COC2(CCN(S(=O)(=O)Cc3ccc(F)cc3)C2)CN1. The Bertz CT molecular complexity index is 665. The molecular weight excluding hydrogens is 311 g/mol. The van der Waals surface area contributed by atoms with Crippen LogP contribution in [0.1, 0.15) is 12.0 Å². The number of hydrogen-bond donors (Lipinski definition) is 1. The molecule has 1 unspecified atom stereocenters. The fourth-order valence-electron chi connectivity index (χ4n) is 2.77. The van der Waals surface area contributed by atoms with Crippen LogP contribution in [0.5, 0.6) is 0 Å². The largest absolute Gasteiger partial charge is 0.362 e. The van der Waals surface area contributed by atoms with Gasteiger partial charge in [0.1, 0.15) is 18.0 Å². The molecule has 0 radical (unpaired) electrons. The van der Waals surface area contributed by atoms with Crippen molar-refractivity contribution in [3.8, 4) is 0 Å². The second kappa shape index (κ2) is 5.60. The van der Waals surface area contributed by atoms with Crippen LogP contribution < -0.4 is 5.32 Å². The van der Waals surface area contributed by atoms with E-state index in [2.05, 4.69) is 5.32 Å². The van der Waals surface area contributed by atoms with Gasteiger partial charge in [-0.15, -0.1) is 0 Å². The summed E-state index contributed by atoms with van der Waals surface area (Å²) in [6, 6.07) is 5.43. The maximum Gasteiger partial charge on any atom is 0.246 e. The maximum absolute atomic E-state index is 12.9. The Kier molecular flexibility index (Phi) is 3.92. The van der Waals surface area contributed by atoms with Crippen LogP contribution in [0.25, 0.3) is 0 Å². The number of benzene rings is 1. The summed E-state index contributed by atoms with van der Waals surface area (Å²) in [6.07, 6.45) is 0.552. The van der Waals surface area contributed by atoms with Gasteiger partial charge in [-0.1, -0.05) is 12.1 Å². The molecule has 2 fully saturated rings. The van der Waals surface area contributed by atoms with E-state index in [0.717, 1.165) is 0 Å². The third-order valence-electron chi connectivity index (χ3n) is 4.05. The lowest BCUT2D eigenvalue weighted by Gasteiger charge is -2.33. The topological polar surface area (TPSA) is 75.7 Å². The summed E-state index contributed by atoms with van der Waals surface area (Å²) in [4.78, 5) is 11.2. The minimum atomic E-state index is -3.50. The molecule has 0 bridgehead atoms. The van der Waals surface area contributed by atoms with E-state index in [0.29, 0.717) is 25.1 Å². The molecule has 2 aliphatic heterocycles. The Labute approximate surface area is 128 Å². The zero-order chi connectivity index (χ0) is 15.8. The zero-order valence-corrected chi connectivity index (χ0v) is 12.7. The highest BCUT2D eigenvalue weighted by Crippen LogP contribution is 2.29. The summed E-state index contributed by atoms with van der Waals surface area (Å²) in [5, 5.41) is 2.72. The Morgan fingerprint density at radius 3 is 2.68 bits per heavy atom. The first-order valence-corrected chi connectivity index (χ1v) is 8.62. The normalized spacial score (nSPS) is 26.3. The van der Waals surface area contributed by atoms with E-state index < -0.39 is 21.4 Å². The van der Waals surface area contributed by atoms with Crippen LogP contribution in [-0.4, -0.2) is 50.5 Å². The van der Waals surface area contributed by atoms with E-state index in [9.17, 15) is 17.6 Å². The molecule has 1 atom stereocenters. The summed E-state index contributed by atoms with van der Waals surface area (Å²) in [6.45, 7) is 0.885. The molecule has 1 aromatic rings. The van der Waals surface area contributed by atoms with Gasteiger partial charge in [-0.05, 0) is 24.1 Å². The smallest absolute Gasteiger partial charge is 0.246 e. The molecule has 0 aromatic heterocycles. The van der Waals surface area contributed by atoms with Crippen molar-refractivity contribution in [2.75, 3.05) is 26.2 Å². The van der Waals surface area contributed by atoms with Crippen molar-refractivity contribution in [3.63, 3.8) is 0 Å². The first-order valence-electron chi connectivity index (χ1n) is 7.02. The summed E-state index contributed by atoms with van der Waals surface area (Å²) in [5.41, 5.74) is -0.0794. The van der Waals surface area contributed by atoms with Gasteiger partial charge in [0.05, 0.1) is 5.75 Å². The number of halogens is 1. The standard InChI is InChI=1S/C14H17FN2O4S/c15-12-3-1-11(2-4-12)8-22(19,20)17-6-5-14(10-17)9-16-13(18)7-21-14/h1-4H,5-10H2,(H,16,18). The van der Waals surface area contributed by atoms with Crippen molar-refractivity contribution in [3.05, 3.63) is 35.6 Å². The number of carbonyl (C=O) groups is 1. The number of morpholine rings is 1. The van der Waals surface area contributed by atoms with Gasteiger partial charge in [-0.2, -0.15) is 4.31 Å². The van der Waals surface area contributed by atoms with Gasteiger partial charge >= 0.3 is 0 Å². The number of hydrogen-bond acceptors (Lipinski definition) is 4. The third-order valence-corrected chi connectivity index (χ3v) is 5.85. The number of amides is 1. The molecule has 2 saturated heterocycles. The summed E-state index contributed by atoms with van der Waals surface area (Å²) in [7, 11) is -3.50. The molecular formula is C14H17FN2O4S. The predicted octanol–water partition coefficient (Wildman–Crippen LogP) is 0.246. The summed E-state index contributed by atoms with van der Waals surface area (Å²) in [5.74, 6) is -0.749. The number of carbonyl (C=O) groups excluding carboxylic acids is 1. The van der Waals surface area contributed by atoms with Gasteiger partial charge < -0.3 is 10.1 Å². The first-order chi connectivity index (χ1) is 10.4. The van der Waals surface area contributed by atoms with Crippen LogP contribution in [0.2, 0.25) is 0 Å². The first kappa shape index (κ1) is 15.4. The molecule has 1 amide bonds. The highest BCUT2D eigenvalue weighted by molar-refractivity contribution is 7.88. The molecule has 3 rings (SSSR count). The van der Waals surface area contributed by atoms with Crippen molar-refractivity contribution in [1.82, 2.24) is 9.62 Å². The quantitative estimate of drug-likeness (QED) is 0.863. The average molecular weight is 328 g/mol. The van der Waals surface area contributed by atoms with Crippen molar-refractivity contribution < 1.29 is 22.3 Å². The van der Waals surface area contributed by atoms with Crippen LogP contribution in [-0.2, 0) is 25.3 Å². The van der Waals surface area contributed by atoms with E-state index >= 15 is 0 Å². The second-order valence-corrected chi connectivity index (χ2v) is 7.68. The zero-order valence-electron chi connectivity index (χ0n) is 11.9. The van der Waals surface area contributed by atoms with Crippen LogP contribution in [0, 0.1) is 5.82 Å². The van der Waals surface area contributed by atoms with Gasteiger partial charge in [0.15, 0.2) is 0 Å². The third kappa shape index (κ3) is 3.13. The number of ether oxygens (including phenoxy) is 1. The maximum atomic E-state index is 12.9. The minimum absolute atomic E-state index is 0.0359. The van der Waals surface area contributed by atoms with Gasteiger partial charge in [-0.25, -0.2) is 12.8 Å². The summed E-state index contributed by atoms with van der Waals surface area (Å²) < 4.78 is 44.8. The van der Waals surface area contributed by atoms with Gasteiger partial charge in [0, 0.05) is 19.6 Å². The number of nitrogens with one attached hydrogen (secondary N) is 1. The number of rotatable bonds is 3. The van der Waals surface area contributed by atoms with E-state index in [-0.39, 0.29) is 24.8 Å². The molecule has 1 aromatic carbocycles. The van der Waals surface area contributed by atoms with Crippen LogP contribution in [0.3, 0.4) is 0 Å². The fraction of sp³-hybridized carbons (Fsp3) is 0.500. The Hall–Kier alpha value is -1.51. The monoisotopic (exact) mass is 328 g/mol. The molecule has 22 heavy (non-hydrogen) atoms. The molecule has 8 heteroatoms. The lowest BCUT2D eigenvalue weighted by atomic mass is 10.0. The fourth-order valence-corrected chi connectivity index (χ4v) is 4.37.